The van der Waals surface area contributed by atoms with E-state index in [1.807, 2.05) is 0 Å². The van der Waals surface area contributed by atoms with E-state index in [0.29, 0.717) is 35.7 Å². The summed E-state index contributed by atoms with van der Waals surface area (Å²) in [7, 11) is 0. The first kappa shape index (κ1) is 25.8. The summed E-state index contributed by atoms with van der Waals surface area (Å²) in [6.45, 7) is 9.76. The number of halogens is 2. The molecule has 1 aromatic carbocycles. The van der Waals surface area contributed by atoms with Gasteiger partial charge in [-0.1, -0.05) is 35.9 Å². The Morgan fingerprint density at radius 2 is 1.97 bits per heavy atom. The molecule has 2 aromatic rings. The highest BCUT2D eigenvalue weighted by Gasteiger charge is 2.38. The van der Waals surface area contributed by atoms with Crippen LogP contribution < -0.4 is 10.1 Å². The van der Waals surface area contributed by atoms with Crippen LogP contribution in [0.25, 0.3) is 0 Å². The Bertz CT molecular complexity index is 1040. The molecule has 34 heavy (non-hydrogen) atoms. The van der Waals surface area contributed by atoms with Crippen molar-refractivity contribution in [1.29, 1.82) is 0 Å². The summed E-state index contributed by atoms with van der Waals surface area (Å²) in [5.41, 5.74) is 0.585. The topological polar surface area (TPSA) is 80.8 Å². The third-order valence-electron chi connectivity index (χ3n) is 5.25. The van der Waals surface area contributed by atoms with Crippen molar-refractivity contribution in [3.63, 3.8) is 0 Å². The maximum atomic E-state index is 13.5. The molecular formula is C25H29Cl2N3O4. The molecule has 0 saturated carbocycles. The monoisotopic (exact) mass is 505 g/mol. The predicted molar refractivity (Wildman–Crippen MR) is 132 cm³/mol. The molecule has 1 aliphatic rings. The van der Waals surface area contributed by atoms with Crippen molar-refractivity contribution in [2.24, 2.45) is 0 Å². The fraction of sp³-hybridized carbons (Fsp3) is 0.400. The van der Waals surface area contributed by atoms with Crippen LogP contribution >= 0.6 is 23.2 Å². The summed E-state index contributed by atoms with van der Waals surface area (Å²) in [5, 5.41) is 3.65. The molecule has 1 saturated heterocycles. The number of benzene rings is 1. The fourth-order valence-corrected chi connectivity index (χ4v) is 4.22. The van der Waals surface area contributed by atoms with Gasteiger partial charge in [0.1, 0.15) is 24.0 Å². The number of pyridine rings is 1. The molecule has 7 nitrogen and oxygen atoms in total. The van der Waals surface area contributed by atoms with Crippen molar-refractivity contribution in [3.8, 4) is 5.75 Å². The lowest BCUT2D eigenvalue weighted by Gasteiger charge is -2.30. The zero-order chi connectivity index (χ0) is 24.9. The van der Waals surface area contributed by atoms with E-state index in [2.05, 4.69) is 16.9 Å². The molecule has 1 aromatic heterocycles. The van der Waals surface area contributed by atoms with Gasteiger partial charge in [0.05, 0.1) is 16.1 Å². The van der Waals surface area contributed by atoms with Crippen molar-refractivity contribution in [2.45, 2.75) is 51.3 Å². The number of amides is 2. The molecule has 0 radical (unpaired) electrons. The van der Waals surface area contributed by atoms with Gasteiger partial charge < -0.3 is 14.8 Å². The number of hydrogen-bond acceptors (Lipinski definition) is 5. The number of nitrogens with zero attached hydrogens (tertiary/aromatic N) is 2. The highest BCUT2D eigenvalue weighted by molar-refractivity contribution is 6.42. The fourth-order valence-electron chi connectivity index (χ4n) is 3.79. The third kappa shape index (κ3) is 6.21. The maximum Gasteiger partial charge on any atom is 0.410 e. The van der Waals surface area contributed by atoms with Gasteiger partial charge in [-0.3, -0.25) is 14.7 Å². The average molecular weight is 506 g/mol. The smallest absolute Gasteiger partial charge is 0.410 e. The van der Waals surface area contributed by atoms with Gasteiger partial charge >= 0.3 is 6.09 Å². The van der Waals surface area contributed by atoms with Crippen molar-refractivity contribution < 1.29 is 19.1 Å². The van der Waals surface area contributed by atoms with Crippen LogP contribution in [0, 0.1) is 0 Å². The van der Waals surface area contributed by atoms with Gasteiger partial charge in [-0.25, -0.2) is 4.79 Å². The minimum absolute atomic E-state index is 0.247. The van der Waals surface area contributed by atoms with Crippen molar-refractivity contribution >= 4 is 35.2 Å². The molecule has 2 atom stereocenters. The summed E-state index contributed by atoms with van der Waals surface area (Å²) in [4.78, 5) is 31.8. The molecule has 0 bridgehead atoms. The zero-order valence-electron chi connectivity index (χ0n) is 19.5. The molecule has 182 valence electrons. The van der Waals surface area contributed by atoms with Crippen LogP contribution in [0.1, 0.15) is 50.8 Å². The van der Waals surface area contributed by atoms with Crippen LogP contribution in [0.15, 0.2) is 49.3 Å². The second kappa shape index (κ2) is 11.1. The summed E-state index contributed by atoms with van der Waals surface area (Å²) in [5.74, 6) is 0.141. The number of likely N-dealkylation sites (tertiary alicyclic amines) is 1. The van der Waals surface area contributed by atoms with Crippen LogP contribution in [-0.2, 0) is 9.53 Å². The van der Waals surface area contributed by atoms with Gasteiger partial charge in [-0.2, -0.15) is 0 Å². The van der Waals surface area contributed by atoms with Crippen molar-refractivity contribution in [1.82, 2.24) is 15.2 Å². The minimum atomic E-state index is -0.692. The Hall–Kier alpha value is -2.77. The molecular weight excluding hydrogens is 477 g/mol. The van der Waals surface area contributed by atoms with E-state index in [4.69, 9.17) is 32.7 Å². The van der Waals surface area contributed by atoms with E-state index < -0.39 is 23.8 Å². The second-order valence-corrected chi connectivity index (χ2v) is 9.71. The standard InChI is InChI=1S/C25H29Cl2N3O4/c1-5-15-33-19-9-8-17(26)21(27)20(19)22(16-10-12-28-13-11-16)29-23(31)18-7-6-14-30(18)24(32)34-25(2,3)4/h5,8-13,18,22H,1,6-7,14-15H2,2-4H3,(H,29,31)/t18-,22?/m0/s1. The van der Waals surface area contributed by atoms with E-state index in [9.17, 15) is 9.59 Å². The predicted octanol–water partition coefficient (Wildman–Crippen LogP) is 5.56. The van der Waals surface area contributed by atoms with Gasteiger partial charge in [-0.15, -0.1) is 0 Å². The molecule has 2 amide bonds. The van der Waals surface area contributed by atoms with E-state index in [1.54, 1.807) is 63.5 Å². The highest BCUT2D eigenvalue weighted by atomic mass is 35.5. The summed E-state index contributed by atoms with van der Waals surface area (Å²) in [6.07, 6.45) is 5.57. The average Bonchev–Trinajstić information content (AvgIpc) is 3.28. The number of ether oxygens (including phenoxy) is 2. The lowest BCUT2D eigenvalue weighted by molar-refractivity contribution is -0.126. The van der Waals surface area contributed by atoms with E-state index >= 15 is 0 Å². The summed E-state index contributed by atoms with van der Waals surface area (Å²) >= 11 is 13.0. The van der Waals surface area contributed by atoms with Crippen LogP contribution in [0.3, 0.4) is 0 Å². The van der Waals surface area contributed by atoms with Crippen LogP contribution in [0.2, 0.25) is 10.0 Å². The van der Waals surface area contributed by atoms with E-state index in [-0.39, 0.29) is 17.5 Å². The molecule has 1 N–H and O–H groups in total. The molecule has 0 aliphatic carbocycles. The number of carbonyl (C=O) groups is 2. The number of rotatable bonds is 7. The zero-order valence-corrected chi connectivity index (χ0v) is 21.0. The molecule has 0 spiro atoms. The lowest BCUT2D eigenvalue weighted by Crippen LogP contribution is -2.48. The van der Waals surface area contributed by atoms with E-state index in [1.165, 1.54) is 4.90 Å². The van der Waals surface area contributed by atoms with E-state index in [0.717, 1.165) is 5.56 Å². The largest absolute Gasteiger partial charge is 0.489 e. The number of carbonyl (C=O) groups excluding carboxylic acids is 2. The Kier molecular flexibility index (Phi) is 8.44. The van der Waals surface area contributed by atoms with Crippen LogP contribution in [-0.4, -0.2) is 46.7 Å². The Labute approximate surface area is 210 Å². The summed E-state index contributed by atoms with van der Waals surface area (Å²) in [6, 6.07) is 5.53. The number of hydrogen-bond donors (Lipinski definition) is 1. The van der Waals surface area contributed by atoms with Gasteiger partial charge in [0.25, 0.3) is 0 Å². The molecule has 1 unspecified atom stereocenters. The van der Waals surface area contributed by atoms with Crippen molar-refractivity contribution in [2.75, 3.05) is 13.2 Å². The molecule has 9 heteroatoms. The molecule has 1 aliphatic heterocycles. The Balaban J connectivity index is 1.96. The van der Waals surface area contributed by atoms with Gasteiger partial charge in [0.15, 0.2) is 0 Å². The normalized spacial score (nSPS) is 16.6. The van der Waals surface area contributed by atoms with Gasteiger partial charge in [0, 0.05) is 24.5 Å². The minimum Gasteiger partial charge on any atom is -0.489 e. The second-order valence-electron chi connectivity index (χ2n) is 8.93. The summed E-state index contributed by atoms with van der Waals surface area (Å²) < 4.78 is 11.3. The number of aromatic nitrogens is 1. The first-order valence-electron chi connectivity index (χ1n) is 11.0. The van der Waals surface area contributed by atoms with Crippen molar-refractivity contribution in [3.05, 3.63) is 70.5 Å². The lowest BCUT2D eigenvalue weighted by atomic mass is 9.97. The highest BCUT2D eigenvalue weighted by Crippen LogP contribution is 2.40. The quantitative estimate of drug-likeness (QED) is 0.498. The van der Waals surface area contributed by atoms with Gasteiger partial charge in [-0.05, 0) is 63.4 Å². The molecule has 2 heterocycles. The first-order valence-corrected chi connectivity index (χ1v) is 11.8. The molecule has 3 rings (SSSR count). The molecule has 1 fully saturated rings. The van der Waals surface area contributed by atoms with Gasteiger partial charge in [0.2, 0.25) is 5.91 Å². The number of nitrogens with one attached hydrogen (secondary N) is 1. The van der Waals surface area contributed by atoms with Crippen LogP contribution in [0.4, 0.5) is 4.79 Å². The Morgan fingerprint density at radius 3 is 2.62 bits per heavy atom. The first-order chi connectivity index (χ1) is 16.1. The van der Waals surface area contributed by atoms with Crippen LogP contribution in [0.5, 0.6) is 5.75 Å². The maximum absolute atomic E-state index is 13.5. The third-order valence-corrected chi connectivity index (χ3v) is 6.07. The Morgan fingerprint density at radius 1 is 1.26 bits per heavy atom. The SMILES string of the molecule is C=CCOc1ccc(Cl)c(Cl)c1C(NC(=O)[C@@H]1CCCN1C(=O)OC(C)(C)C)c1ccncc1.